The molecule has 1 aliphatic rings. The fourth-order valence-corrected chi connectivity index (χ4v) is 2.45. The minimum Gasteiger partial charge on any atom is -0.354 e. The van der Waals surface area contributed by atoms with E-state index in [4.69, 9.17) is 0 Å². The van der Waals surface area contributed by atoms with Crippen molar-refractivity contribution in [2.45, 2.75) is 33.1 Å². The van der Waals surface area contributed by atoms with E-state index in [-0.39, 0.29) is 0 Å². The molecule has 0 spiro atoms. The van der Waals surface area contributed by atoms with Crippen LogP contribution in [0.1, 0.15) is 31.9 Å². The van der Waals surface area contributed by atoms with Gasteiger partial charge < -0.3 is 10.2 Å². The summed E-state index contributed by atoms with van der Waals surface area (Å²) >= 11 is 0. The van der Waals surface area contributed by atoms with Crippen molar-refractivity contribution in [3.8, 4) is 0 Å². The van der Waals surface area contributed by atoms with E-state index in [1.54, 1.807) is 6.20 Å². The summed E-state index contributed by atoms with van der Waals surface area (Å²) in [4.78, 5) is 11.2. The van der Waals surface area contributed by atoms with Crippen LogP contribution in [0.5, 0.6) is 0 Å². The number of likely N-dealkylation sites (tertiary alicyclic amines) is 1. The van der Waals surface area contributed by atoms with Crippen LogP contribution in [0, 0.1) is 12.8 Å². The van der Waals surface area contributed by atoms with Gasteiger partial charge in [0.2, 0.25) is 5.95 Å². The lowest BCUT2D eigenvalue weighted by atomic mass is 10.1. The van der Waals surface area contributed by atoms with Gasteiger partial charge in [-0.2, -0.15) is 0 Å². The number of anilines is 1. The van der Waals surface area contributed by atoms with E-state index in [2.05, 4.69) is 27.1 Å². The number of hydrogen-bond donors (Lipinski definition) is 1. The molecular formula is C14H24N4. The summed E-state index contributed by atoms with van der Waals surface area (Å²) in [5.74, 6) is 1.38. The Morgan fingerprint density at radius 3 is 2.83 bits per heavy atom. The Morgan fingerprint density at radius 1 is 1.33 bits per heavy atom. The maximum atomic E-state index is 4.36. The highest BCUT2D eigenvalue weighted by Crippen LogP contribution is 2.11. The number of aromatic nitrogens is 2. The first-order valence-electron chi connectivity index (χ1n) is 7.00. The summed E-state index contributed by atoms with van der Waals surface area (Å²) in [6, 6.07) is 1.92. The predicted molar refractivity (Wildman–Crippen MR) is 74.7 cm³/mol. The fraction of sp³-hybridized carbons (Fsp3) is 0.714. The van der Waals surface area contributed by atoms with Gasteiger partial charge in [0.1, 0.15) is 0 Å². The van der Waals surface area contributed by atoms with Gasteiger partial charge in [0.15, 0.2) is 0 Å². The summed E-state index contributed by atoms with van der Waals surface area (Å²) in [6.07, 6.45) is 5.93. The molecule has 1 unspecified atom stereocenters. The van der Waals surface area contributed by atoms with Crippen molar-refractivity contribution in [1.29, 1.82) is 0 Å². The standard InChI is InChI=1S/C14H24N4/c1-12(11-18-8-4-3-5-9-18)10-16-14-15-7-6-13(2)17-14/h6-7,12H,3-5,8-11H2,1-2H3,(H,15,16,17). The average Bonchev–Trinajstić information content (AvgIpc) is 2.38. The summed E-state index contributed by atoms with van der Waals surface area (Å²) in [5, 5.41) is 3.33. The molecule has 2 rings (SSSR count). The van der Waals surface area contributed by atoms with Gasteiger partial charge in [-0.3, -0.25) is 0 Å². The first-order valence-corrected chi connectivity index (χ1v) is 7.00. The normalized spacial score (nSPS) is 18.6. The Hall–Kier alpha value is -1.16. The summed E-state index contributed by atoms with van der Waals surface area (Å²) in [5.41, 5.74) is 1.01. The van der Waals surface area contributed by atoms with Crippen molar-refractivity contribution >= 4 is 5.95 Å². The molecule has 1 saturated heterocycles. The van der Waals surface area contributed by atoms with E-state index in [1.807, 2.05) is 13.0 Å². The maximum Gasteiger partial charge on any atom is 0.222 e. The molecular weight excluding hydrogens is 224 g/mol. The lowest BCUT2D eigenvalue weighted by Crippen LogP contribution is -2.35. The molecule has 0 aliphatic carbocycles. The van der Waals surface area contributed by atoms with E-state index in [0.29, 0.717) is 5.92 Å². The Balaban J connectivity index is 1.72. The van der Waals surface area contributed by atoms with E-state index in [1.165, 1.54) is 38.9 Å². The number of nitrogens with one attached hydrogen (secondary N) is 1. The Kier molecular flexibility index (Phi) is 4.93. The molecule has 1 N–H and O–H groups in total. The van der Waals surface area contributed by atoms with E-state index < -0.39 is 0 Å². The third-order valence-corrected chi connectivity index (χ3v) is 3.42. The quantitative estimate of drug-likeness (QED) is 0.868. The minimum absolute atomic E-state index is 0.632. The van der Waals surface area contributed by atoms with Gasteiger partial charge in [-0.15, -0.1) is 0 Å². The minimum atomic E-state index is 0.632. The first-order chi connectivity index (χ1) is 8.74. The molecule has 1 atom stereocenters. The van der Waals surface area contributed by atoms with Crippen LogP contribution in [0.2, 0.25) is 0 Å². The Labute approximate surface area is 110 Å². The van der Waals surface area contributed by atoms with Gasteiger partial charge >= 0.3 is 0 Å². The number of piperidine rings is 1. The molecule has 0 bridgehead atoms. The molecule has 2 heterocycles. The van der Waals surface area contributed by atoms with E-state index in [0.717, 1.165) is 18.2 Å². The lowest BCUT2D eigenvalue weighted by Gasteiger charge is -2.29. The molecule has 1 aliphatic heterocycles. The van der Waals surface area contributed by atoms with Crippen LogP contribution in [0.3, 0.4) is 0 Å². The van der Waals surface area contributed by atoms with Crippen molar-refractivity contribution in [3.05, 3.63) is 18.0 Å². The van der Waals surface area contributed by atoms with E-state index >= 15 is 0 Å². The second-order valence-electron chi connectivity index (χ2n) is 5.37. The van der Waals surface area contributed by atoms with Crippen LogP contribution < -0.4 is 5.32 Å². The second-order valence-corrected chi connectivity index (χ2v) is 5.37. The Bertz CT molecular complexity index is 361. The van der Waals surface area contributed by atoms with Crippen LogP contribution in [-0.2, 0) is 0 Å². The van der Waals surface area contributed by atoms with Crippen LogP contribution in [0.25, 0.3) is 0 Å². The van der Waals surface area contributed by atoms with Gasteiger partial charge in [0, 0.05) is 25.0 Å². The zero-order valence-corrected chi connectivity index (χ0v) is 11.5. The molecule has 100 valence electrons. The molecule has 1 fully saturated rings. The molecule has 0 radical (unpaired) electrons. The Morgan fingerprint density at radius 2 is 2.11 bits per heavy atom. The zero-order valence-electron chi connectivity index (χ0n) is 11.5. The maximum absolute atomic E-state index is 4.36. The highest BCUT2D eigenvalue weighted by atomic mass is 15.1. The monoisotopic (exact) mass is 248 g/mol. The molecule has 4 nitrogen and oxygen atoms in total. The largest absolute Gasteiger partial charge is 0.354 e. The predicted octanol–water partition coefficient (Wildman–Crippen LogP) is 2.32. The van der Waals surface area contributed by atoms with Crippen molar-refractivity contribution in [2.75, 3.05) is 31.5 Å². The molecule has 0 saturated carbocycles. The first kappa shape index (κ1) is 13.3. The molecule has 1 aromatic heterocycles. The average molecular weight is 248 g/mol. The SMILES string of the molecule is Cc1ccnc(NCC(C)CN2CCCCC2)n1. The number of rotatable bonds is 5. The summed E-state index contributed by atoms with van der Waals surface area (Å²) < 4.78 is 0. The lowest BCUT2D eigenvalue weighted by molar-refractivity contribution is 0.204. The molecule has 4 heteroatoms. The van der Waals surface area contributed by atoms with Crippen molar-refractivity contribution in [3.63, 3.8) is 0 Å². The molecule has 0 aromatic carbocycles. The summed E-state index contributed by atoms with van der Waals surface area (Å²) in [6.45, 7) is 8.94. The number of aryl methyl sites for hydroxylation is 1. The highest BCUT2D eigenvalue weighted by molar-refractivity contribution is 5.24. The number of hydrogen-bond acceptors (Lipinski definition) is 4. The molecule has 18 heavy (non-hydrogen) atoms. The topological polar surface area (TPSA) is 41.1 Å². The van der Waals surface area contributed by atoms with Gasteiger partial charge in [0.25, 0.3) is 0 Å². The van der Waals surface area contributed by atoms with Crippen molar-refractivity contribution < 1.29 is 0 Å². The fourth-order valence-electron chi connectivity index (χ4n) is 2.45. The van der Waals surface area contributed by atoms with Crippen LogP contribution in [-0.4, -0.2) is 41.0 Å². The number of nitrogens with zero attached hydrogens (tertiary/aromatic N) is 3. The smallest absolute Gasteiger partial charge is 0.222 e. The van der Waals surface area contributed by atoms with Crippen molar-refractivity contribution in [2.24, 2.45) is 5.92 Å². The van der Waals surface area contributed by atoms with Gasteiger partial charge in [-0.1, -0.05) is 13.3 Å². The summed E-state index contributed by atoms with van der Waals surface area (Å²) in [7, 11) is 0. The molecule has 0 amide bonds. The highest BCUT2D eigenvalue weighted by Gasteiger charge is 2.13. The van der Waals surface area contributed by atoms with Crippen LogP contribution in [0.4, 0.5) is 5.95 Å². The third kappa shape index (κ3) is 4.26. The van der Waals surface area contributed by atoms with Gasteiger partial charge in [-0.05, 0) is 44.8 Å². The van der Waals surface area contributed by atoms with Crippen molar-refractivity contribution in [1.82, 2.24) is 14.9 Å². The molecule has 1 aromatic rings. The second kappa shape index (κ2) is 6.69. The van der Waals surface area contributed by atoms with Crippen LogP contribution in [0.15, 0.2) is 12.3 Å². The van der Waals surface area contributed by atoms with Gasteiger partial charge in [0.05, 0.1) is 0 Å². The van der Waals surface area contributed by atoms with Crippen LogP contribution >= 0.6 is 0 Å². The van der Waals surface area contributed by atoms with E-state index in [9.17, 15) is 0 Å². The van der Waals surface area contributed by atoms with Gasteiger partial charge in [-0.25, -0.2) is 9.97 Å². The zero-order chi connectivity index (χ0) is 12.8. The third-order valence-electron chi connectivity index (χ3n) is 3.42.